The number of benzene rings is 2. The molecule has 0 saturated heterocycles. The minimum absolute atomic E-state index is 0.335. The second-order valence-corrected chi connectivity index (χ2v) is 5.88. The SMILES string of the molecule is Cc1c(NC(=O)O[C@H](C)c2ccccc2)c(-c2ccccc2)nn1C. The summed E-state index contributed by atoms with van der Waals surface area (Å²) in [6.07, 6.45) is -0.831. The van der Waals surface area contributed by atoms with Crippen molar-refractivity contribution in [3.05, 3.63) is 71.9 Å². The number of hydrogen-bond donors (Lipinski definition) is 1. The molecule has 128 valence electrons. The van der Waals surface area contributed by atoms with Crippen molar-refractivity contribution in [2.45, 2.75) is 20.0 Å². The Balaban J connectivity index is 1.80. The van der Waals surface area contributed by atoms with Gasteiger partial charge < -0.3 is 4.74 Å². The van der Waals surface area contributed by atoms with Crippen molar-refractivity contribution in [3.8, 4) is 11.3 Å². The third-order valence-electron chi connectivity index (χ3n) is 4.16. The standard InChI is InChI=1S/C20H21N3O2/c1-14-18(19(22-23(14)3)17-12-8-5-9-13-17)21-20(24)25-15(2)16-10-6-4-7-11-16/h4-13,15H,1-3H3,(H,21,24)/t15-/m1/s1. The van der Waals surface area contributed by atoms with Crippen molar-refractivity contribution in [2.75, 3.05) is 5.32 Å². The molecule has 25 heavy (non-hydrogen) atoms. The molecular formula is C20H21N3O2. The van der Waals surface area contributed by atoms with E-state index in [2.05, 4.69) is 10.4 Å². The van der Waals surface area contributed by atoms with E-state index in [1.807, 2.05) is 81.6 Å². The third kappa shape index (κ3) is 3.71. The predicted molar refractivity (Wildman–Crippen MR) is 98.3 cm³/mol. The number of nitrogens with one attached hydrogen (secondary N) is 1. The molecule has 2 aromatic carbocycles. The van der Waals surface area contributed by atoms with E-state index in [0.717, 1.165) is 22.5 Å². The highest BCUT2D eigenvalue weighted by molar-refractivity contribution is 5.91. The number of amides is 1. The molecule has 1 amide bonds. The average molecular weight is 335 g/mol. The van der Waals surface area contributed by atoms with Gasteiger partial charge >= 0.3 is 6.09 Å². The van der Waals surface area contributed by atoms with Crippen LogP contribution in [0, 0.1) is 6.92 Å². The predicted octanol–water partition coefficient (Wildman–Crippen LogP) is 4.71. The van der Waals surface area contributed by atoms with E-state index in [-0.39, 0.29) is 6.10 Å². The van der Waals surface area contributed by atoms with Crippen LogP contribution in [0.1, 0.15) is 24.3 Å². The summed E-state index contributed by atoms with van der Waals surface area (Å²) in [5.74, 6) is 0. The maximum Gasteiger partial charge on any atom is 0.412 e. The number of rotatable bonds is 4. The number of carbonyl (C=O) groups is 1. The van der Waals surface area contributed by atoms with Crippen LogP contribution in [0.5, 0.6) is 0 Å². The monoisotopic (exact) mass is 335 g/mol. The summed E-state index contributed by atoms with van der Waals surface area (Å²) in [4.78, 5) is 12.4. The van der Waals surface area contributed by atoms with E-state index in [1.54, 1.807) is 4.68 Å². The first-order valence-electron chi connectivity index (χ1n) is 8.18. The van der Waals surface area contributed by atoms with Crippen molar-refractivity contribution in [1.29, 1.82) is 0 Å². The quantitative estimate of drug-likeness (QED) is 0.751. The van der Waals surface area contributed by atoms with Gasteiger partial charge in [-0.15, -0.1) is 0 Å². The van der Waals surface area contributed by atoms with Crippen molar-refractivity contribution in [3.63, 3.8) is 0 Å². The van der Waals surface area contributed by atoms with Crippen molar-refractivity contribution < 1.29 is 9.53 Å². The Morgan fingerprint density at radius 1 is 1.08 bits per heavy atom. The van der Waals surface area contributed by atoms with Gasteiger partial charge in [0.05, 0.1) is 11.4 Å². The maximum atomic E-state index is 12.4. The highest BCUT2D eigenvalue weighted by atomic mass is 16.6. The largest absolute Gasteiger partial charge is 0.441 e. The smallest absolute Gasteiger partial charge is 0.412 e. The summed E-state index contributed by atoms with van der Waals surface area (Å²) in [6.45, 7) is 3.76. The van der Waals surface area contributed by atoms with E-state index in [1.165, 1.54) is 0 Å². The number of anilines is 1. The Hall–Kier alpha value is -3.08. The summed E-state index contributed by atoms with van der Waals surface area (Å²) in [7, 11) is 1.85. The lowest BCUT2D eigenvalue weighted by Crippen LogP contribution is -2.16. The molecule has 0 aliphatic heterocycles. The van der Waals surface area contributed by atoms with Crippen LogP contribution < -0.4 is 5.32 Å². The highest BCUT2D eigenvalue weighted by Crippen LogP contribution is 2.30. The Bertz CT molecular complexity index is 857. The number of nitrogens with zero attached hydrogens (tertiary/aromatic N) is 2. The van der Waals surface area contributed by atoms with Gasteiger partial charge in [-0.1, -0.05) is 60.7 Å². The van der Waals surface area contributed by atoms with E-state index in [0.29, 0.717) is 5.69 Å². The molecule has 0 aliphatic rings. The minimum Gasteiger partial charge on any atom is -0.441 e. The molecular weight excluding hydrogens is 314 g/mol. The van der Waals surface area contributed by atoms with Gasteiger partial charge in [-0.05, 0) is 19.4 Å². The van der Waals surface area contributed by atoms with Crippen LogP contribution in [-0.2, 0) is 11.8 Å². The van der Waals surface area contributed by atoms with E-state index in [9.17, 15) is 4.79 Å². The lowest BCUT2D eigenvalue weighted by atomic mass is 10.1. The van der Waals surface area contributed by atoms with Gasteiger partial charge in [0, 0.05) is 12.6 Å². The number of hydrogen-bond acceptors (Lipinski definition) is 3. The van der Waals surface area contributed by atoms with Crippen molar-refractivity contribution in [1.82, 2.24) is 9.78 Å². The molecule has 0 bridgehead atoms. The van der Waals surface area contributed by atoms with Crippen molar-refractivity contribution >= 4 is 11.8 Å². The molecule has 3 rings (SSSR count). The van der Waals surface area contributed by atoms with E-state index >= 15 is 0 Å². The number of aromatic nitrogens is 2. The fraction of sp³-hybridized carbons (Fsp3) is 0.200. The van der Waals surface area contributed by atoms with Crippen LogP contribution in [0.3, 0.4) is 0 Å². The second kappa shape index (κ2) is 7.21. The second-order valence-electron chi connectivity index (χ2n) is 5.88. The molecule has 0 aliphatic carbocycles. The molecule has 1 aromatic heterocycles. The van der Waals surface area contributed by atoms with Crippen LogP contribution in [0.15, 0.2) is 60.7 Å². The van der Waals surface area contributed by atoms with Crippen LogP contribution in [0.4, 0.5) is 10.5 Å². The molecule has 0 unspecified atom stereocenters. The zero-order chi connectivity index (χ0) is 17.8. The summed E-state index contributed by atoms with van der Waals surface area (Å²) >= 11 is 0. The first kappa shape index (κ1) is 16.8. The molecule has 1 heterocycles. The zero-order valence-corrected chi connectivity index (χ0v) is 14.6. The van der Waals surface area contributed by atoms with Gasteiger partial charge in [-0.3, -0.25) is 10.00 Å². The molecule has 0 spiro atoms. The summed E-state index contributed by atoms with van der Waals surface area (Å²) in [5.41, 5.74) is 4.15. The minimum atomic E-state index is -0.496. The lowest BCUT2D eigenvalue weighted by Gasteiger charge is -2.14. The van der Waals surface area contributed by atoms with Crippen LogP contribution in [0.25, 0.3) is 11.3 Å². The summed E-state index contributed by atoms with van der Waals surface area (Å²) < 4.78 is 7.26. The van der Waals surface area contributed by atoms with Gasteiger partial charge in [-0.25, -0.2) is 4.79 Å². The topological polar surface area (TPSA) is 56.1 Å². The molecule has 1 N–H and O–H groups in total. The summed E-state index contributed by atoms with van der Waals surface area (Å²) in [6, 6.07) is 19.4. The fourth-order valence-electron chi connectivity index (χ4n) is 2.64. The normalized spacial score (nSPS) is 11.8. The Morgan fingerprint density at radius 3 is 2.32 bits per heavy atom. The fourth-order valence-corrected chi connectivity index (χ4v) is 2.64. The zero-order valence-electron chi connectivity index (χ0n) is 14.6. The number of carbonyl (C=O) groups excluding carboxylic acids is 1. The third-order valence-corrected chi connectivity index (χ3v) is 4.16. The van der Waals surface area contributed by atoms with Crippen LogP contribution in [0.2, 0.25) is 0 Å². The molecule has 0 fully saturated rings. The Morgan fingerprint density at radius 2 is 1.68 bits per heavy atom. The Kier molecular flexibility index (Phi) is 4.84. The highest BCUT2D eigenvalue weighted by Gasteiger charge is 2.19. The average Bonchev–Trinajstić information content (AvgIpc) is 2.91. The first-order valence-corrected chi connectivity index (χ1v) is 8.18. The maximum absolute atomic E-state index is 12.4. The van der Waals surface area contributed by atoms with Gasteiger partial charge in [-0.2, -0.15) is 5.10 Å². The molecule has 0 saturated carbocycles. The summed E-state index contributed by atoms with van der Waals surface area (Å²) in [5, 5.41) is 7.37. The van der Waals surface area contributed by atoms with E-state index in [4.69, 9.17) is 4.74 Å². The van der Waals surface area contributed by atoms with Gasteiger partial charge in [0.1, 0.15) is 11.8 Å². The van der Waals surface area contributed by atoms with Crippen LogP contribution >= 0.6 is 0 Å². The lowest BCUT2D eigenvalue weighted by molar-refractivity contribution is 0.121. The van der Waals surface area contributed by atoms with E-state index < -0.39 is 6.09 Å². The Labute approximate surface area is 147 Å². The molecule has 0 radical (unpaired) electrons. The van der Waals surface area contributed by atoms with Crippen LogP contribution in [-0.4, -0.2) is 15.9 Å². The van der Waals surface area contributed by atoms with Gasteiger partial charge in [0.15, 0.2) is 0 Å². The number of ether oxygens (including phenoxy) is 1. The van der Waals surface area contributed by atoms with Gasteiger partial charge in [0.25, 0.3) is 0 Å². The number of aryl methyl sites for hydroxylation is 1. The molecule has 1 atom stereocenters. The molecule has 3 aromatic rings. The first-order chi connectivity index (χ1) is 12.1. The molecule has 5 nitrogen and oxygen atoms in total. The molecule has 5 heteroatoms. The van der Waals surface area contributed by atoms with Crippen molar-refractivity contribution in [2.24, 2.45) is 7.05 Å². The van der Waals surface area contributed by atoms with Gasteiger partial charge in [0.2, 0.25) is 0 Å².